The van der Waals surface area contributed by atoms with Crippen LogP contribution in [-0.4, -0.2) is 30.0 Å². The summed E-state index contributed by atoms with van der Waals surface area (Å²) in [7, 11) is 1.57. The molecule has 1 heterocycles. The first-order valence-corrected chi connectivity index (χ1v) is 10.9. The third-order valence-corrected chi connectivity index (χ3v) is 5.59. The Hall–Kier alpha value is -4.12. The van der Waals surface area contributed by atoms with Crippen LogP contribution in [0.25, 0.3) is 28.1 Å². The number of ether oxygens (including phenoxy) is 1. The number of benzene rings is 3. The van der Waals surface area contributed by atoms with Crippen LogP contribution >= 0.6 is 0 Å². The van der Waals surface area contributed by atoms with Crippen LogP contribution in [0, 0.1) is 0 Å². The first-order valence-electron chi connectivity index (χ1n) is 10.9. The lowest BCUT2D eigenvalue weighted by Gasteiger charge is -2.10. The maximum atomic E-state index is 12.5. The Morgan fingerprint density at radius 1 is 0.970 bits per heavy atom. The van der Waals surface area contributed by atoms with Gasteiger partial charge in [-0.1, -0.05) is 66.7 Å². The second kappa shape index (κ2) is 10.0. The molecule has 0 bridgehead atoms. The highest BCUT2D eigenvalue weighted by molar-refractivity contribution is 6.02. The number of methoxy groups -OCH3 is 1. The molecule has 0 aliphatic carbocycles. The average Bonchev–Trinajstić information content (AvgIpc) is 3.23. The largest absolute Gasteiger partial charge is 0.495 e. The van der Waals surface area contributed by atoms with E-state index in [2.05, 4.69) is 29.6 Å². The van der Waals surface area contributed by atoms with Crippen molar-refractivity contribution >= 4 is 28.8 Å². The predicted octanol–water partition coefficient (Wildman–Crippen LogP) is 5.35. The summed E-state index contributed by atoms with van der Waals surface area (Å²) in [5, 5.41) is 3.81. The number of nitrogens with one attached hydrogen (secondary N) is 1. The molecule has 1 amide bonds. The lowest BCUT2D eigenvalue weighted by atomic mass is 9.98. The third-order valence-electron chi connectivity index (χ3n) is 5.59. The lowest BCUT2D eigenvalue weighted by Crippen LogP contribution is -2.23. The zero-order valence-electron chi connectivity index (χ0n) is 18.7. The number of para-hydroxylation sites is 1. The van der Waals surface area contributed by atoms with Crippen molar-refractivity contribution in [2.75, 3.05) is 13.7 Å². The number of amides is 1. The van der Waals surface area contributed by atoms with E-state index in [1.807, 2.05) is 48.5 Å². The standard InChI is InChI=1S/C28H26N2O3/c1-20(31)30-19-23(25-13-8-14-26(33-2)28(25)30)15-16-27(32)29-18-17-22-11-6-7-12-24(22)21-9-4-3-5-10-21/h3-16,19H,17-18H2,1-2H3,(H,29,32)/b16-15+. The monoisotopic (exact) mass is 438 g/mol. The Bertz CT molecular complexity index is 1320. The van der Waals surface area contributed by atoms with Crippen molar-refractivity contribution in [2.45, 2.75) is 13.3 Å². The number of carbonyl (C=O) groups excluding carboxylic acids is 2. The summed E-state index contributed by atoms with van der Waals surface area (Å²) < 4.78 is 6.97. The Morgan fingerprint density at radius 3 is 2.48 bits per heavy atom. The molecule has 4 aromatic rings. The maximum absolute atomic E-state index is 12.5. The first kappa shape index (κ1) is 22.1. The molecule has 0 unspecified atom stereocenters. The molecule has 5 nitrogen and oxygen atoms in total. The Labute approximate surface area is 193 Å². The van der Waals surface area contributed by atoms with Gasteiger partial charge in [0.25, 0.3) is 0 Å². The van der Waals surface area contributed by atoms with E-state index in [9.17, 15) is 9.59 Å². The zero-order valence-corrected chi connectivity index (χ0v) is 18.7. The van der Waals surface area contributed by atoms with Crippen molar-refractivity contribution in [1.82, 2.24) is 9.88 Å². The molecule has 1 aromatic heterocycles. The second-order valence-electron chi connectivity index (χ2n) is 7.73. The molecule has 0 spiro atoms. The quantitative estimate of drug-likeness (QED) is 0.396. The molecule has 0 saturated carbocycles. The topological polar surface area (TPSA) is 60.3 Å². The van der Waals surface area contributed by atoms with E-state index in [1.165, 1.54) is 24.1 Å². The number of fused-ring (bicyclic) bond motifs is 1. The van der Waals surface area contributed by atoms with Gasteiger partial charge in [0.15, 0.2) is 0 Å². The summed E-state index contributed by atoms with van der Waals surface area (Å²) in [6.07, 6.45) is 5.69. The number of nitrogens with zero attached hydrogens (tertiary/aromatic N) is 1. The number of aromatic nitrogens is 1. The smallest absolute Gasteiger partial charge is 0.244 e. The Balaban J connectivity index is 1.45. The van der Waals surface area contributed by atoms with E-state index in [1.54, 1.807) is 23.9 Å². The van der Waals surface area contributed by atoms with E-state index in [4.69, 9.17) is 4.74 Å². The number of hydrogen-bond acceptors (Lipinski definition) is 3. The van der Waals surface area contributed by atoms with Crippen LogP contribution in [0.1, 0.15) is 22.8 Å². The van der Waals surface area contributed by atoms with Crippen molar-refractivity contribution in [3.63, 3.8) is 0 Å². The van der Waals surface area contributed by atoms with Gasteiger partial charge in [-0.25, -0.2) is 0 Å². The molecule has 0 fully saturated rings. The molecule has 0 aliphatic heterocycles. The highest BCUT2D eigenvalue weighted by Crippen LogP contribution is 2.30. The highest BCUT2D eigenvalue weighted by atomic mass is 16.5. The minimum atomic E-state index is -0.182. The van der Waals surface area contributed by atoms with Gasteiger partial charge < -0.3 is 10.1 Å². The lowest BCUT2D eigenvalue weighted by molar-refractivity contribution is -0.116. The van der Waals surface area contributed by atoms with E-state index < -0.39 is 0 Å². The molecular weight excluding hydrogens is 412 g/mol. The SMILES string of the molecule is COc1cccc2c(/C=C/C(=O)NCCc3ccccc3-c3ccccc3)cn(C(C)=O)c12. The van der Waals surface area contributed by atoms with Gasteiger partial charge in [0.1, 0.15) is 5.75 Å². The molecule has 33 heavy (non-hydrogen) atoms. The Morgan fingerprint density at radius 2 is 1.73 bits per heavy atom. The molecular formula is C28H26N2O3. The van der Waals surface area contributed by atoms with Gasteiger partial charge in [-0.15, -0.1) is 0 Å². The molecule has 166 valence electrons. The van der Waals surface area contributed by atoms with Crippen molar-refractivity contribution in [3.8, 4) is 16.9 Å². The van der Waals surface area contributed by atoms with Crippen molar-refractivity contribution in [2.24, 2.45) is 0 Å². The van der Waals surface area contributed by atoms with Gasteiger partial charge in [-0.05, 0) is 35.3 Å². The van der Waals surface area contributed by atoms with Gasteiger partial charge >= 0.3 is 0 Å². The van der Waals surface area contributed by atoms with E-state index in [0.29, 0.717) is 17.8 Å². The molecule has 0 saturated heterocycles. The molecule has 0 aliphatic rings. The van der Waals surface area contributed by atoms with Crippen molar-refractivity contribution in [1.29, 1.82) is 0 Å². The Kier molecular flexibility index (Phi) is 6.69. The van der Waals surface area contributed by atoms with E-state index in [-0.39, 0.29) is 11.8 Å². The normalized spacial score (nSPS) is 11.1. The van der Waals surface area contributed by atoms with E-state index in [0.717, 1.165) is 22.9 Å². The summed E-state index contributed by atoms with van der Waals surface area (Å²) in [4.78, 5) is 24.6. The average molecular weight is 439 g/mol. The second-order valence-corrected chi connectivity index (χ2v) is 7.73. The fraction of sp³-hybridized carbons (Fsp3) is 0.143. The van der Waals surface area contributed by atoms with Crippen LogP contribution in [0.15, 0.2) is 85.1 Å². The predicted molar refractivity (Wildman–Crippen MR) is 132 cm³/mol. The summed E-state index contributed by atoms with van der Waals surface area (Å²) in [6, 6.07) is 24.1. The van der Waals surface area contributed by atoms with Crippen molar-refractivity contribution in [3.05, 3.63) is 96.2 Å². The van der Waals surface area contributed by atoms with Gasteiger partial charge in [0, 0.05) is 36.7 Å². The summed E-state index contributed by atoms with van der Waals surface area (Å²) in [5.41, 5.74) is 5.00. The summed E-state index contributed by atoms with van der Waals surface area (Å²) in [6.45, 7) is 2.02. The minimum absolute atomic E-state index is 0.120. The van der Waals surface area contributed by atoms with Crippen LogP contribution < -0.4 is 10.1 Å². The number of carbonyl (C=O) groups is 2. The maximum Gasteiger partial charge on any atom is 0.244 e. The van der Waals surface area contributed by atoms with E-state index >= 15 is 0 Å². The zero-order chi connectivity index (χ0) is 23.2. The van der Waals surface area contributed by atoms with Gasteiger partial charge in [-0.2, -0.15) is 0 Å². The molecule has 5 heteroatoms. The highest BCUT2D eigenvalue weighted by Gasteiger charge is 2.14. The van der Waals surface area contributed by atoms with Crippen molar-refractivity contribution < 1.29 is 14.3 Å². The molecule has 0 radical (unpaired) electrons. The van der Waals surface area contributed by atoms with Gasteiger partial charge in [0.2, 0.25) is 11.8 Å². The molecule has 4 rings (SSSR count). The van der Waals surface area contributed by atoms with Crippen LogP contribution in [0.3, 0.4) is 0 Å². The fourth-order valence-corrected chi connectivity index (χ4v) is 4.01. The van der Waals surface area contributed by atoms with Crippen LogP contribution in [-0.2, 0) is 11.2 Å². The van der Waals surface area contributed by atoms with Gasteiger partial charge in [-0.3, -0.25) is 14.2 Å². The number of rotatable bonds is 7. The summed E-state index contributed by atoms with van der Waals surface area (Å²) in [5.74, 6) is 0.313. The van der Waals surface area contributed by atoms with Crippen LogP contribution in [0.5, 0.6) is 5.75 Å². The minimum Gasteiger partial charge on any atom is -0.495 e. The molecule has 0 atom stereocenters. The summed E-state index contributed by atoms with van der Waals surface area (Å²) >= 11 is 0. The van der Waals surface area contributed by atoms with Crippen LogP contribution in [0.4, 0.5) is 0 Å². The molecule has 3 aromatic carbocycles. The molecule has 1 N–H and O–H groups in total. The number of hydrogen-bond donors (Lipinski definition) is 1. The van der Waals surface area contributed by atoms with Gasteiger partial charge in [0.05, 0.1) is 12.6 Å². The first-order chi connectivity index (χ1) is 16.1. The fourth-order valence-electron chi connectivity index (χ4n) is 4.01. The third kappa shape index (κ3) is 4.88. The van der Waals surface area contributed by atoms with Crippen LogP contribution in [0.2, 0.25) is 0 Å².